The van der Waals surface area contributed by atoms with Gasteiger partial charge in [-0.05, 0) is 70.6 Å². The number of ether oxygens (including phenoxy) is 1. The van der Waals surface area contributed by atoms with Gasteiger partial charge in [-0.3, -0.25) is 4.79 Å². The van der Waals surface area contributed by atoms with Gasteiger partial charge in [0, 0.05) is 17.9 Å². The molecule has 0 unspecified atom stereocenters. The fraction of sp³-hybridized carbons (Fsp3) is 0.810. The van der Waals surface area contributed by atoms with Crippen molar-refractivity contribution in [3.8, 4) is 0 Å². The van der Waals surface area contributed by atoms with E-state index in [1.54, 1.807) is 0 Å². The molecule has 3 rings (SSSR count). The molecule has 0 aliphatic heterocycles. The molecule has 0 atom stereocenters. The van der Waals surface area contributed by atoms with Gasteiger partial charge in [0.25, 0.3) is 0 Å². The Morgan fingerprint density at radius 3 is 2.48 bits per heavy atom. The van der Waals surface area contributed by atoms with Gasteiger partial charge < -0.3 is 9.26 Å². The van der Waals surface area contributed by atoms with Gasteiger partial charge in [-0.25, -0.2) is 0 Å². The third-order valence-corrected chi connectivity index (χ3v) is 5.21. The minimum absolute atomic E-state index is 0.153. The molecule has 0 radical (unpaired) electrons. The maximum absolute atomic E-state index is 12.0. The molecule has 4 nitrogen and oxygen atoms in total. The maximum atomic E-state index is 12.0. The molecule has 2 saturated carbocycles. The fourth-order valence-corrected chi connectivity index (χ4v) is 4.05. The maximum Gasteiger partial charge on any atom is 0.306 e. The molecule has 0 aromatic carbocycles. The van der Waals surface area contributed by atoms with E-state index in [4.69, 9.17) is 9.26 Å². The molecule has 0 N–H and O–H groups in total. The predicted octanol–water partition coefficient (Wildman–Crippen LogP) is 5.37. The van der Waals surface area contributed by atoms with Crippen molar-refractivity contribution in [2.24, 2.45) is 11.8 Å². The zero-order chi connectivity index (χ0) is 18.2. The number of esters is 1. The summed E-state index contributed by atoms with van der Waals surface area (Å²) in [5.41, 5.74) is 1.90. The van der Waals surface area contributed by atoms with Crippen LogP contribution in [0.1, 0.15) is 102 Å². The third-order valence-electron chi connectivity index (χ3n) is 5.21. The molecule has 25 heavy (non-hydrogen) atoms. The Morgan fingerprint density at radius 2 is 1.92 bits per heavy atom. The minimum atomic E-state index is -0.428. The van der Waals surface area contributed by atoms with Crippen molar-refractivity contribution in [3.63, 3.8) is 0 Å². The lowest BCUT2D eigenvalue weighted by Crippen LogP contribution is -2.24. The van der Waals surface area contributed by atoms with E-state index in [-0.39, 0.29) is 5.97 Å². The summed E-state index contributed by atoms with van der Waals surface area (Å²) in [7, 11) is 0. The molecule has 0 spiro atoms. The molecule has 0 saturated heterocycles. The van der Waals surface area contributed by atoms with Crippen molar-refractivity contribution in [1.82, 2.24) is 5.16 Å². The smallest absolute Gasteiger partial charge is 0.306 e. The Balaban J connectivity index is 1.60. The summed E-state index contributed by atoms with van der Waals surface area (Å²) in [5.74, 6) is 3.74. The number of rotatable bonds is 7. The zero-order valence-corrected chi connectivity index (χ0v) is 16.4. The van der Waals surface area contributed by atoms with Gasteiger partial charge in [0.2, 0.25) is 0 Å². The Kier molecular flexibility index (Phi) is 5.26. The second-order valence-electron chi connectivity index (χ2n) is 9.43. The monoisotopic (exact) mass is 347 g/mol. The van der Waals surface area contributed by atoms with Crippen LogP contribution in [0.25, 0.3) is 0 Å². The SMILES string of the molecule is CC(C)CC1CC(c2onc(CCC(=O)OC(C)(C)C)c2C2CC2)C1. The van der Waals surface area contributed by atoms with Gasteiger partial charge in [0.05, 0.1) is 12.1 Å². The van der Waals surface area contributed by atoms with Crippen LogP contribution >= 0.6 is 0 Å². The summed E-state index contributed by atoms with van der Waals surface area (Å²) < 4.78 is 11.2. The summed E-state index contributed by atoms with van der Waals surface area (Å²) in [6.45, 7) is 10.3. The first-order valence-corrected chi connectivity index (χ1v) is 9.93. The van der Waals surface area contributed by atoms with Crippen molar-refractivity contribution in [3.05, 3.63) is 17.0 Å². The molecular weight excluding hydrogens is 314 g/mol. The Hall–Kier alpha value is -1.32. The third kappa shape index (κ3) is 4.86. The fourth-order valence-electron chi connectivity index (χ4n) is 4.05. The van der Waals surface area contributed by atoms with Crippen molar-refractivity contribution in [2.75, 3.05) is 0 Å². The summed E-state index contributed by atoms with van der Waals surface area (Å²) >= 11 is 0. The minimum Gasteiger partial charge on any atom is -0.460 e. The zero-order valence-electron chi connectivity index (χ0n) is 16.4. The van der Waals surface area contributed by atoms with Crippen LogP contribution in [0, 0.1) is 11.8 Å². The van der Waals surface area contributed by atoms with Crippen LogP contribution in [-0.4, -0.2) is 16.7 Å². The largest absolute Gasteiger partial charge is 0.460 e. The van der Waals surface area contributed by atoms with Crippen LogP contribution < -0.4 is 0 Å². The van der Waals surface area contributed by atoms with E-state index in [0.29, 0.717) is 24.7 Å². The number of nitrogens with zero attached hydrogens (tertiary/aromatic N) is 1. The van der Waals surface area contributed by atoms with Gasteiger partial charge in [-0.1, -0.05) is 19.0 Å². The molecule has 0 bridgehead atoms. The molecule has 0 amide bonds. The Morgan fingerprint density at radius 1 is 1.24 bits per heavy atom. The molecule has 2 aliphatic carbocycles. The number of carbonyl (C=O) groups is 1. The van der Waals surface area contributed by atoms with Crippen LogP contribution in [0.2, 0.25) is 0 Å². The van der Waals surface area contributed by atoms with Gasteiger partial charge in [-0.2, -0.15) is 0 Å². The van der Waals surface area contributed by atoms with Crippen molar-refractivity contribution < 1.29 is 14.1 Å². The highest BCUT2D eigenvalue weighted by Gasteiger charge is 2.40. The van der Waals surface area contributed by atoms with Crippen LogP contribution in [0.4, 0.5) is 0 Å². The van der Waals surface area contributed by atoms with Crippen molar-refractivity contribution in [1.29, 1.82) is 0 Å². The Labute approximate surface area is 151 Å². The van der Waals surface area contributed by atoms with Gasteiger partial charge in [0.1, 0.15) is 11.4 Å². The number of aryl methyl sites for hydroxylation is 1. The van der Waals surface area contributed by atoms with E-state index in [9.17, 15) is 4.79 Å². The topological polar surface area (TPSA) is 52.3 Å². The van der Waals surface area contributed by atoms with Crippen molar-refractivity contribution >= 4 is 5.97 Å². The molecule has 2 fully saturated rings. The molecular formula is C21H33NO3. The molecule has 1 aromatic rings. The van der Waals surface area contributed by atoms with E-state index in [0.717, 1.165) is 23.3 Å². The molecule has 140 valence electrons. The highest BCUT2D eigenvalue weighted by atomic mass is 16.6. The normalized spacial score (nSPS) is 23.6. The lowest BCUT2D eigenvalue weighted by atomic mass is 9.69. The van der Waals surface area contributed by atoms with Crippen LogP contribution in [0.5, 0.6) is 0 Å². The number of aromatic nitrogens is 1. The summed E-state index contributed by atoms with van der Waals surface area (Å²) in [4.78, 5) is 12.0. The first-order valence-electron chi connectivity index (χ1n) is 9.93. The van der Waals surface area contributed by atoms with E-state index < -0.39 is 5.60 Å². The van der Waals surface area contributed by atoms with Gasteiger partial charge in [0.15, 0.2) is 0 Å². The van der Waals surface area contributed by atoms with Gasteiger partial charge in [-0.15, -0.1) is 0 Å². The second kappa shape index (κ2) is 7.13. The lowest BCUT2D eigenvalue weighted by Gasteiger charge is -2.35. The number of hydrogen-bond acceptors (Lipinski definition) is 4. The highest BCUT2D eigenvalue weighted by Crippen LogP contribution is 2.51. The molecule has 2 aliphatic rings. The standard InChI is InChI=1S/C21H33NO3/c1-13(2)10-14-11-16(12-14)20-19(15-6-7-15)17(22-25-20)8-9-18(23)24-21(3,4)5/h13-16H,6-12H2,1-5H3. The first kappa shape index (κ1) is 18.5. The molecule has 1 aromatic heterocycles. The van der Waals surface area contributed by atoms with Crippen LogP contribution in [-0.2, 0) is 16.0 Å². The van der Waals surface area contributed by atoms with E-state index >= 15 is 0 Å². The van der Waals surface area contributed by atoms with Gasteiger partial charge >= 0.3 is 5.97 Å². The average molecular weight is 347 g/mol. The quantitative estimate of drug-likeness (QED) is 0.623. The summed E-state index contributed by atoms with van der Waals surface area (Å²) in [5, 5.41) is 4.35. The molecule has 1 heterocycles. The highest BCUT2D eigenvalue weighted by molar-refractivity contribution is 5.70. The predicted molar refractivity (Wildman–Crippen MR) is 97.6 cm³/mol. The first-order chi connectivity index (χ1) is 11.7. The van der Waals surface area contributed by atoms with Crippen LogP contribution in [0.15, 0.2) is 4.52 Å². The van der Waals surface area contributed by atoms with E-state index in [2.05, 4.69) is 19.0 Å². The van der Waals surface area contributed by atoms with Crippen molar-refractivity contribution in [2.45, 2.75) is 97.0 Å². The van der Waals surface area contributed by atoms with E-state index in [1.165, 1.54) is 37.7 Å². The second-order valence-corrected chi connectivity index (χ2v) is 9.43. The molecule has 4 heteroatoms. The lowest BCUT2D eigenvalue weighted by molar-refractivity contribution is -0.154. The number of hydrogen-bond donors (Lipinski definition) is 0. The average Bonchev–Trinajstić information content (AvgIpc) is 3.18. The summed E-state index contributed by atoms with van der Waals surface area (Å²) in [6, 6.07) is 0. The van der Waals surface area contributed by atoms with Crippen LogP contribution in [0.3, 0.4) is 0 Å². The number of carbonyl (C=O) groups excluding carboxylic acids is 1. The Bertz CT molecular complexity index is 601. The summed E-state index contributed by atoms with van der Waals surface area (Å²) in [6.07, 6.45) is 7.26. The van der Waals surface area contributed by atoms with E-state index in [1.807, 2.05) is 20.8 Å².